The predicted octanol–water partition coefficient (Wildman–Crippen LogP) is 2.44. The molecule has 0 aliphatic heterocycles. The smallest absolute Gasteiger partial charge is 0.251 e. The number of carbonyl (C=O) groups excluding carboxylic acids is 1. The molecule has 0 aliphatic rings. The highest BCUT2D eigenvalue weighted by molar-refractivity contribution is 5.94. The molecule has 0 bridgehead atoms. The van der Waals surface area contributed by atoms with Crippen molar-refractivity contribution in [2.45, 2.75) is 6.54 Å². The van der Waals surface area contributed by atoms with Gasteiger partial charge in [-0.05, 0) is 30.3 Å². The van der Waals surface area contributed by atoms with Crippen LogP contribution in [-0.2, 0) is 6.54 Å². The van der Waals surface area contributed by atoms with Gasteiger partial charge in [-0.15, -0.1) is 0 Å². The average Bonchev–Trinajstić information content (AvgIpc) is 3.11. The Bertz CT molecular complexity index is 825. The summed E-state index contributed by atoms with van der Waals surface area (Å²) in [4.78, 5) is 18.3. The van der Waals surface area contributed by atoms with Gasteiger partial charge >= 0.3 is 0 Å². The monoisotopic (exact) mass is 335 g/mol. The van der Waals surface area contributed by atoms with E-state index in [0.29, 0.717) is 18.7 Å². The zero-order valence-corrected chi connectivity index (χ0v) is 14.4. The summed E-state index contributed by atoms with van der Waals surface area (Å²) in [5.74, 6) is -0.0788. The van der Waals surface area contributed by atoms with E-state index in [1.54, 1.807) is 18.6 Å². The van der Waals surface area contributed by atoms with Gasteiger partial charge < -0.3 is 10.2 Å². The number of hydrogen-bond acceptors (Lipinski definition) is 4. The van der Waals surface area contributed by atoms with E-state index in [2.05, 4.69) is 15.4 Å². The number of anilines is 1. The lowest BCUT2D eigenvalue weighted by Crippen LogP contribution is -2.27. The Kier molecular flexibility index (Phi) is 5.09. The van der Waals surface area contributed by atoms with E-state index in [9.17, 15) is 4.79 Å². The third kappa shape index (κ3) is 4.23. The molecular formula is C19H21N5O. The van der Waals surface area contributed by atoms with Crippen LogP contribution in [0.15, 0.2) is 61.2 Å². The minimum Gasteiger partial charge on any atom is -0.378 e. The topological polar surface area (TPSA) is 63.1 Å². The summed E-state index contributed by atoms with van der Waals surface area (Å²) in [6.07, 6.45) is 7.31. The number of pyridine rings is 1. The Morgan fingerprint density at radius 3 is 2.60 bits per heavy atom. The molecule has 6 nitrogen and oxygen atoms in total. The van der Waals surface area contributed by atoms with E-state index in [0.717, 1.165) is 16.8 Å². The molecule has 0 atom stereocenters. The molecule has 0 saturated carbocycles. The molecule has 0 fully saturated rings. The van der Waals surface area contributed by atoms with Gasteiger partial charge in [0.15, 0.2) is 0 Å². The number of rotatable bonds is 6. The molecule has 128 valence electrons. The first kappa shape index (κ1) is 16.7. The maximum atomic E-state index is 12.2. The predicted molar refractivity (Wildman–Crippen MR) is 98.6 cm³/mol. The molecule has 25 heavy (non-hydrogen) atoms. The molecule has 1 N–H and O–H groups in total. The number of hydrogen-bond donors (Lipinski definition) is 1. The molecule has 3 aromatic rings. The van der Waals surface area contributed by atoms with Crippen LogP contribution in [0.1, 0.15) is 10.4 Å². The number of carbonyl (C=O) groups is 1. The second kappa shape index (κ2) is 7.61. The maximum absolute atomic E-state index is 12.2. The van der Waals surface area contributed by atoms with Gasteiger partial charge in [0.2, 0.25) is 0 Å². The van der Waals surface area contributed by atoms with Crippen LogP contribution >= 0.6 is 0 Å². The largest absolute Gasteiger partial charge is 0.378 e. The second-order valence-corrected chi connectivity index (χ2v) is 5.93. The molecule has 6 heteroatoms. The summed E-state index contributed by atoms with van der Waals surface area (Å²) in [6.45, 7) is 1.13. The minimum absolute atomic E-state index is 0.0788. The van der Waals surface area contributed by atoms with Crippen molar-refractivity contribution in [1.29, 1.82) is 0 Å². The van der Waals surface area contributed by atoms with Gasteiger partial charge in [-0.3, -0.25) is 14.5 Å². The first-order valence-electron chi connectivity index (χ1n) is 8.12. The zero-order valence-electron chi connectivity index (χ0n) is 14.4. The summed E-state index contributed by atoms with van der Waals surface area (Å²) >= 11 is 0. The molecule has 3 rings (SSSR count). The van der Waals surface area contributed by atoms with Gasteiger partial charge in [0.05, 0.1) is 12.7 Å². The summed E-state index contributed by atoms with van der Waals surface area (Å²) in [6, 6.07) is 11.4. The van der Waals surface area contributed by atoms with E-state index < -0.39 is 0 Å². The number of nitrogens with zero attached hydrogens (tertiary/aromatic N) is 4. The molecule has 2 heterocycles. The molecule has 0 spiro atoms. The van der Waals surface area contributed by atoms with Crippen molar-refractivity contribution >= 4 is 11.6 Å². The number of benzene rings is 1. The van der Waals surface area contributed by atoms with E-state index >= 15 is 0 Å². The van der Waals surface area contributed by atoms with Crippen molar-refractivity contribution in [1.82, 2.24) is 20.1 Å². The molecule has 1 amide bonds. The second-order valence-electron chi connectivity index (χ2n) is 5.93. The van der Waals surface area contributed by atoms with Crippen molar-refractivity contribution < 1.29 is 4.79 Å². The number of nitrogens with one attached hydrogen (secondary N) is 1. The molecule has 2 aromatic heterocycles. The average molecular weight is 335 g/mol. The highest BCUT2D eigenvalue weighted by Gasteiger charge is 2.06. The highest BCUT2D eigenvalue weighted by Crippen LogP contribution is 2.16. The lowest BCUT2D eigenvalue weighted by atomic mass is 10.2. The fraction of sp³-hybridized carbons (Fsp3) is 0.211. The van der Waals surface area contributed by atoms with Crippen molar-refractivity contribution in [2.24, 2.45) is 0 Å². The van der Waals surface area contributed by atoms with E-state index in [1.165, 1.54) is 0 Å². The lowest BCUT2D eigenvalue weighted by molar-refractivity contribution is 0.0952. The van der Waals surface area contributed by atoms with Crippen LogP contribution in [0.25, 0.3) is 11.1 Å². The van der Waals surface area contributed by atoms with Crippen molar-refractivity contribution in [3.63, 3.8) is 0 Å². The normalized spacial score (nSPS) is 10.5. The Balaban J connectivity index is 1.53. The Labute approximate surface area is 147 Å². The molecule has 1 aromatic carbocycles. The van der Waals surface area contributed by atoms with Gasteiger partial charge in [0, 0.05) is 61.6 Å². The molecule has 0 saturated heterocycles. The van der Waals surface area contributed by atoms with Crippen LogP contribution in [0.2, 0.25) is 0 Å². The third-order valence-corrected chi connectivity index (χ3v) is 3.90. The van der Waals surface area contributed by atoms with Crippen LogP contribution in [0, 0.1) is 0 Å². The van der Waals surface area contributed by atoms with Crippen LogP contribution in [0.4, 0.5) is 5.69 Å². The van der Waals surface area contributed by atoms with Gasteiger partial charge in [-0.2, -0.15) is 5.10 Å². The third-order valence-electron chi connectivity index (χ3n) is 3.90. The molecule has 0 aliphatic carbocycles. The zero-order chi connectivity index (χ0) is 17.6. The summed E-state index contributed by atoms with van der Waals surface area (Å²) < 4.78 is 1.82. The SMILES string of the molecule is CN(C)c1ccc(C(=O)NCCn2cc(-c3cccnc3)cn2)cc1. The summed E-state index contributed by atoms with van der Waals surface area (Å²) in [7, 11) is 3.94. The maximum Gasteiger partial charge on any atom is 0.251 e. The van der Waals surface area contributed by atoms with E-state index in [1.807, 2.05) is 66.3 Å². The van der Waals surface area contributed by atoms with Gasteiger partial charge in [-0.25, -0.2) is 0 Å². The van der Waals surface area contributed by atoms with E-state index in [4.69, 9.17) is 0 Å². The Morgan fingerprint density at radius 1 is 1.12 bits per heavy atom. The van der Waals surface area contributed by atoms with Gasteiger partial charge in [0.1, 0.15) is 0 Å². The van der Waals surface area contributed by atoms with Gasteiger partial charge in [0.25, 0.3) is 5.91 Å². The van der Waals surface area contributed by atoms with Crippen LogP contribution in [-0.4, -0.2) is 41.3 Å². The molecule has 0 radical (unpaired) electrons. The first-order chi connectivity index (χ1) is 12.1. The molecular weight excluding hydrogens is 314 g/mol. The van der Waals surface area contributed by atoms with E-state index in [-0.39, 0.29) is 5.91 Å². The van der Waals surface area contributed by atoms with Crippen LogP contribution < -0.4 is 10.2 Å². The standard InChI is InChI=1S/C19H21N5O/c1-23(2)18-7-5-15(6-8-18)19(25)21-10-11-24-14-17(13-22-24)16-4-3-9-20-12-16/h3-9,12-14H,10-11H2,1-2H3,(H,21,25). The van der Waals surface area contributed by atoms with Crippen LogP contribution in [0.5, 0.6) is 0 Å². The van der Waals surface area contributed by atoms with Crippen LogP contribution in [0.3, 0.4) is 0 Å². The lowest BCUT2D eigenvalue weighted by Gasteiger charge is -2.12. The minimum atomic E-state index is -0.0788. The molecule has 0 unspecified atom stereocenters. The van der Waals surface area contributed by atoms with Crippen molar-refractivity contribution in [2.75, 3.05) is 25.5 Å². The Hall–Kier alpha value is -3.15. The van der Waals surface area contributed by atoms with Crippen molar-refractivity contribution in [3.05, 3.63) is 66.7 Å². The quantitative estimate of drug-likeness (QED) is 0.751. The summed E-state index contributed by atoms with van der Waals surface area (Å²) in [5.41, 5.74) is 3.76. The fourth-order valence-electron chi connectivity index (χ4n) is 2.47. The highest BCUT2D eigenvalue weighted by atomic mass is 16.1. The number of amides is 1. The Morgan fingerprint density at radius 2 is 1.92 bits per heavy atom. The van der Waals surface area contributed by atoms with Gasteiger partial charge in [-0.1, -0.05) is 6.07 Å². The number of aromatic nitrogens is 3. The summed E-state index contributed by atoms with van der Waals surface area (Å²) in [5, 5.41) is 7.24. The van der Waals surface area contributed by atoms with Crippen molar-refractivity contribution in [3.8, 4) is 11.1 Å². The fourth-order valence-corrected chi connectivity index (χ4v) is 2.47. The first-order valence-corrected chi connectivity index (χ1v) is 8.12.